The van der Waals surface area contributed by atoms with E-state index in [-0.39, 0.29) is 11.8 Å². The third kappa shape index (κ3) is 3.95. The summed E-state index contributed by atoms with van der Waals surface area (Å²) in [7, 11) is 0. The van der Waals surface area contributed by atoms with Gasteiger partial charge in [-0.05, 0) is 56.4 Å². The molecule has 0 fully saturated rings. The number of ether oxygens (including phenoxy) is 1. The fourth-order valence-electron chi connectivity index (χ4n) is 2.90. The Morgan fingerprint density at radius 1 is 1.41 bits per heavy atom. The first kappa shape index (κ1) is 19.3. The normalized spacial score (nSPS) is 15.9. The lowest BCUT2D eigenvalue weighted by Crippen LogP contribution is -2.43. The molecule has 2 amide bonds. The van der Waals surface area contributed by atoms with Crippen LogP contribution in [0.3, 0.4) is 0 Å². The zero-order valence-corrected chi connectivity index (χ0v) is 17.0. The van der Waals surface area contributed by atoms with E-state index in [0.717, 1.165) is 11.5 Å². The summed E-state index contributed by atoms with van der Waals surface area (Å²) in [5.74, 6) is 0.683. The Kier molecular flexibility index (Phi) is 5.19. The maximum Gasteiger partial charge on any atom is 0.269 e. The van der Waals surface area contributed by atoms with Crippen LogP contribution in [0.5, 0.6) is 5.75 Å². The van der Waals surface area contributed by atoms with E-state index in [2.05, 4.69) is 28.8 Å². The second-order valence-corrected chi connectivity index (χ2v) is 8.56. The SMILES string of the molecule is Cc1nnsc1C(=O)Nc1ccc2c(c1)N(CC(C)C)C(=O)C(C)(C)CO2. The number of hydrogen-bond acceptors (Lipinski definition) is 6. The first-order chi connectivity index (χ1) is 12.7. The molecule has 0 bridgehead atoms. The zero-order chi connectivity index (χ0) is 19.8. The Balaban J connectivity index is 1.95. The van der Waals surface area contributed by atoms with Gasteiger partial charge in [-0.1, -0.05) is 18.3 Å². The molecule has 0 radical (unpaired) electrons. The first-order valence-corrected chi connectivity index (χ1v) is 9.65. The highest BCUT2D eigenvalue weighted by Gasteiger charge is 2.38. The molecule has 2 heterocycles. The van der Waals surface area contributed by atoms with Crippen LogP contribution in [0.2, 0.25) is 0 Å². The molecule has 8 heteroatoms. The van der Waals surface area contributed by atoms with Gasteiger partial charge in [0, 0.05) is 12.2 Å². The number of fused-ring (bicyclic) bond motifs is 1. The molecule has 1 aromatic carbocycles. The van der Waals surface area contributed by atoms with Crippen LogP contribution in [0.1, 0.15) is 43.1 Å². The van der Waals surface area contributed by atoms with Gasteiger partial charge >= 0.3 is 0 Å². The number of rotatable bonds is 4. The summed E-state index contributed by atoms with van der Waals surface area (Å²) in [6.45, 7) is 10.5. The van der Waals surface area contributed by atoms with E-state index in [1.807, 2.05) is 13.8 Å². The average molecular weight is 388 g/mol. The Morgan fingerprint density at radius 3 is 2.78 bits per heavy atom. The minimum absolute atomic E-state index is 0.0147. The van der Waals surface area contributed by atoms with E-state index in [1.165, 1.54) is 0 Å². The number of aryl methyl sites for hydroxylation is 1. The van der Waals surface area contributed by atoms with Crippen LogP contribution in [0.25, 0.3) is 0 Å². The molecule has 27 heavy (non-hydrogen) atoms. The van der Waals surface area contributed by atoms with Crippen molar-refractivity contribution in [2.24, 2.45) is 11.3 Å². The van der Waals surface area contributed by atoms with E-state index < -0.39 is 5.41 Å². The molecular formula is C19H24N4O3S. The van der Waals surface area contributed by atoms with Crippen molar-refractivity contribution < 1.29 is 14.3 Å². The van der Waals surface area contributed by atoms with Crippen LogP contribution >= 0.6 is 11.5 Å². The number of benzene rings is 1. The standard InChI is InChI=1S/C19H24N4O3S/c1-11(2)9-23-14-8-13(20-17(24)16-12(3)21-22-27-16)6-7-15(14)26-10-19(4,5)18(23)25/h6-8,11H,9-10H2,1-5H3,(H,20,24). The fourth-order valence-corrected chi connectivity index (χ4v) is 3.45. The second kappa shape index (κ2) is 7.26. The predicted molar refractivity (Wildman–Crippen MR) is 106 cm³/mol. The van der Waals surface area contributed by atoms with Gasteiger partial charge in [0.25, 0.3) is 5.91 Å². The van der Waals surface area contributed by atoms with Gasteiger partial charge in [-0.2, -0.15) is 0 Å². The lowest BCUT2D eigenvalue weighted by Gasteiger charge is -2.29. The number of carbonyl (C=O) groups excluding carboxylic acids is 2. The highest BCUT2D eigenvalue weighted by molar-refractivity contribution is 7.08. The molecule has 7 nitrogen and oxygen atoms in total. The van der Waals surface area contributed by atoms with E-state index >= 15 is 0 Å². The summed E-state index contributed by atoms with van der Waals surface area (Å²) in [5.41, 5.74) is 1.24. The maximum absolute atomic E-state index is 13.1. The summed E-state index contributed by atoms with van der Waals surface area (Å²) in [5, 5.41) is 6.73. The van der Waals surface area contributed by atoms with Crippen LogP contribution in [-0.2, 0) is 4.79 Å². The third-order valence-corrected chi connectivity index (χ3v) is 5.15. The summed E-state index contributed by atoms with van der Waals surface area (Å²) in [6.07, 6.45) is 0. The van der Waals surface area contributed by atoms with E-state index in [9.17, 15) is 9.59 Å². The van der Waals surface area contributed by atoms with E-state index in [0.29, 0.717) is 46.8 Å². The van der Waals surface area contributed by atoms with Crippen LogP contribution in [0, 0.1) is 18.3 Å². The number of aromatic nitrogens is 2. The predicted octanol–water partition coefficient (Wildman–Crippen LogP) is 3.51. The molecule has 0 unspecified atom stereocenters. The second-order valence-electron chi connectivity index (χ2n) is 7.81. The molecule has 0 saturated heterocycles. The van der Waals surface area contributed by atoms with Crippen LogP contribution in [0.15, 0.2) is 18.2 Å². The van der Waals surface area contributed by atoms with Crippen molar-refractivity contribution in [3.05, 3.63) is 28.8 Å². The molecule has 1 aliphatic heterocycles. The van der Waals surface area contributed by atoms with Crippen molar-refractivity contribution in [2.45, 2.75) is 34.6 Å². The molecule has 0 spiro atoms. The van der Waals surface area contributed by atoms with Gasteiger partial charge < -0.3 is 15.0 Å². The Morgan fingerprint density at radius 2 is 2.15 bits per heavy atom. The number of hydrogen-bond donors (Lipinski definition) is 1. The maximum atomic E-state index is 13.1. The summed E-state index contributed by atoms with van der Waals surface area (Å²) in [6, 6.07) is 5.36. The summed E-state index contributed by atoms with van der Waals surface area (Å²) >= 11 is 1.06. The van der Waals surface area contributed by atoms with Gasteiger partial charge in [0.05, 0.1) is 16.8 Å². The van der Waals surface area contributed by atoms with Crippen molar-refractivity contribution in [2.75, 3.05) is 23.4 Å². The van der Waals surface area contributed by atoms with Crippen LogP contribution in [0.4, 0.5) is 11.4 Å². The largest absolute Gasteiger partial charge is 0.490 e. The lowest BCUT2D eigenvalue weighted by atomic mass is 9.92. The molecule has 0 aliphatic carbocycles. The molecular weight excluding hydrogens is 364 g/mol. The van der Waals surface area contributed by atoms with Crippen molar-refractivity contribution in [1.29, 1.82) is 0 Å². The highest BCUT2D eigenvalue weighted by Crippen LogP contribution is 2.38. The van der Waals surface area contributed by atoms with Crippen molar-refractivity contribution in [3.63, 3.8) is 0 Å². The van der Waals surface area contributed by atoms with E-state index in [1.54, 1.807) is 30.0 Å². The van der Waals surface area contributed by atoms with Gasteiger partial charge in [0.15, 0.2) is 0 Å². The Labute approximate surface area is 162 Å². The minimum Gasteiger partial charge on any atom is -0.490 e. The first-order valence-electron chi connectivity index (χ1n) is 8.88. The smallest absolute Gasteiger partial charge is 0.269 e. The molecule has 144 valence electrons. The molecule has 3 rings (SSSR count). The molecule has 1 N–H and O–H groups in total. The average Bonchev–Trinajstić information content (AvgIpc) is 3.00. The molecule has 1 aromatic heterocycles. The van der Waals surface area contributed by atoms with Crippen molar-refractivity contribution in [3.8, 4) is 5.75 Å². The Hall–Kier alpha value is -2.48. The van der Waals surface area contributed by atoms with Gasteiger partial charge in [-0.15, -0.1) is 5.10 Å². The van der Waals surface area contributed by atoms with Gasteiger partial charge in [-0.3, -0.25) is 9.59 Å². The third-order valence-electron chi connectivity index (χ3n) is 4.33. The van der Waals surface area contributed by atoms with Crippen molar-refractivity contribution >= 4 is 34.7 Å². The molecule has 0 atom stereocenters. The number of carbonyl (C=O) groups is 2. The van der Waals surface area contributed by atoms with Crippen molar-refractivity contribution in [1.82, 2.24) is 9.59 Å². The highest BCUT2D eigenvalue weighted by atomic mass is 32.1. The quantitative estimate of drug-likeness (QED) is 0.866. The lowest BCUT2D eigenvalue weighted by molar-refractivity contribution is -0.127. The topological polar surface area (TPSA) is 84.4 Å². The van der Waals surface area contributed by atoms with Gasteiger partial charge in [0.2, 0.25) is 5.91 Å². The van der Waals surface area contributed by atoms with E-state index in [4.69, 9.17) is 4.74 Å². The summed E-state index contributed by atoms with van der Waals surface area (Å²) in [4.78, 5) is 27.8. The number of anilines is 2. The van der Waals surface area contributed by atoms with Gasteiger partial charge in [-0.25, -0.2) is 0 Å². The fraction of sp³-hybridized carbons (Fsp3) is 0.474. The van der Waals surface area contributed by atoms with Crippen LogP contribution < -0.4 is 15.0 Å². The molecule has 2 aromatic rings. The Bertz CT molecular complexity index is 876. The zero-order valence-electron chi connectivity index (χ0n) is 16.2. The van der Waals surface area contributed by atoms with Gasteiger partial charge in [0.1, 0.15) is 17.2 Å². The molecule has 0 saturated carbocycles. The monoisotopic (exact) mass is 388 g/mol. The van der Waals surface area contributed by atoms with Crippen LogP contribution in [-0.4, -0.2) is 34.6 Å². The number of amides is 2. The molecule has 1 aliphatic rings. The minimum atomic E-state index is -0.622. The number of nitrogens with one attached hydrogen (secondary N) is 1. The summed E-state index contributed by atoms with van der Waals surface area (Å²) < 4.78 is 9.70. The number of nitrogens with zero attached hydrogens (tertiary/aromatic N) is 3.